The molecule has 1 aromatic carbocycles. The third kappa shape index (κ3) is 6.37. The van der Waals surface area contributed by atoms with Gasteiger partial charge in [0.05, 0.1) is 11.9 Å². The number of rotatable bonds is 7. The summed E-state index contributed by atoms with van der Waals surface area (Å²) in [6, 6.07) is 15.5. The molecular weight excluding hydrogens is 472 g/mol. The van der Waals surface area contributed by atoms with Crippen LogP contribution in [0.4, 0.5) is 0 Å². The molecule has 0 saturated heterocycles. The molecule has 0 aliphatic carbocycles. The van der Waals surface area contributed by atoms with Crippen molar-refractivity contribution >= 4 is 22.3 Å². The average Bonchev–Trinajstić information content (AvgIpc) is 2.84. The molecule has 35 heavy (non-hydrogen) atoms. The monoisotopic (exact) mass is 492 g/mol. The van der Waals surface area contributed by atoms with Gasteiger partial charge in [0.2, 0.25) is 0 Å². The van der Waals surface area contributed by atoms with Gasteiger partial charge in [0.1, 0.15) is 23.1 Å². The molecule has 0 fully saturated rings. The van der Waals surface area contributed by atoms with Crippen LogP contribution in [-0.4, -0.2) is 32.5 Å². The molecule has 10 nitrogen and oxygen atoms in total. The minimum Gasteiger partial charge on any atom is -0.487 e. The predicted octanol–water partition coefficient (Wildman–Crippen LogP) is 0.409. The summed E-state index contributed by atoms with van der Waals surface area (Å²) < 4.78 is 38.9. The molecule has 4 rings (SSSR count). The molecule has 0 unspecified atom stereocenters. The van der Waals surface area contributed by atoms with Crippen molar-refractivity contribution < 1.29 is 17.7 Å². The first-order chi connectivity index (χ1) is 16.8. The van der Waals surface area contributed by atoms with E-state index >= 15 is 0 Å². The van der Waals surface area contributed by atoms with E-state index < -0.39 is 27.1 Å². The molecular formula is C24H20N4O6S. The van der Waals surface area contributed by atoms with Crippen LogP contribution in [-0.2, 0) is 22.6 Å². The number of hydrogen-bond donors (Lipinski definition) is 2. The van der Waals surface area contributed by atoms with Gasteiger partial charge >= 0.3 is 0 Å². The molecule has 0 aliphatic heterocycles. The topological polar surface area (TPSA) is 144 Å². The number of nitrogens with zero attached hydrogens (tertiary/aromatic N) is 3. The number of nitrogens with one attached hydrogen (secondary N) is 1. The highest BCUT2D eigenvalue weighted by atomic mass is 32.2. The Morgan fingerprint density at radius 2 is 1.74 bits per heavy atom. The van der Waals surface area contributed by atoms with E-state index in [4.69, 9.17) is 4.74 Å². The molecule has 11 heteroatoms. The van der Waals surface area contributed by atoms with E-state index in [-0.39, 0.29) is 16.4 Å². The van der Waals surface area contributed by atoms with Crippen LogP contribution in [0.5, 0.6) is 5.75 Å². The standard InChI is InChI=1S/C24H20N4O6S/c29-23-22(13-19-6-7-20(14-26-19)34-15-18-8-10-25-11-9-18)28(16-35(31,32)33)24(30)21(27-23)12-17-4-2-1-3-5-17/h1-14H,15-16H2,(H,27,29)(H,31,32,33). The normalized spacial score (nSPS) is 12.6. The Bertz CT molecular complexity index is 1660. The van der Waals surface area contributed by atoms with Crippen LogP contribution in [0.3, 0.4) is 0 Å². The highest BCUT2D eigenvalue weighted by Crippen LogP contribution is 2.11. The Morgan fingerprint density at radius 3 is 2.40 bits per heavy atom. The van der Waals surface area contributed by atoms with Crippen molar-refractivity contribution in [1.82, 2.24) is 19.5 Å². The van der Waals surface area contributed by atoms with Gasteiger partial charge in [-0.2, -0.15) is 8.42 Å². The first-order valence-electron chi connectivity index (χ1n) is 10.3. The second-order valence-electron chi connectivity index (χ2n) is 7.46. The molecule has 0 spiro atoms. The molecule has 0 saturated carbocycles. The van der Waals surface area contributed by atoms with Crippen LogP contribution in [0.1, 0.15) is 16.8 Å². The second kappa shape index (κ2) is 10.3. The van der Waals surface area contributed by atoms with Gasteiger partial charge in [0, 0.05) is 12.4 Å². The maximum atomic E-state index is 13.0. The lowest BCUT2D eigenvalue weighted by Gasteiger charge is -2.07. The van der Waals surface area contributed by atoms with Gasteiger partial charge in [-0.1, -0.05) is 30.3 Å². The number of aromatic amines is 1. The van der Waals surface area contributed by atoms with E-state index in [1.54, 1.807) is 54.9 Å². The highest BCUT2D eigenvalue weighted by Gasteiger charge is 2.13. The number of ether oxygens (including phenoxy) is 1. The molecule has 0 aliphatic rings. The van der Waals surface area contributed by atoms with E-state index in [1.165, 1.54) is 18.3 Å². The third-order valence-corrected chi connectivity index (χ3v) is 5.43. The van der Waals surface area contributed by atoms with E-state index in [0.29, 0.717) is 22.5 Å². The maximum Gasteiger partial charge on any atom is 0.283 e. The van der Waals surface area contributed by atoms with Crippen molar-refractivity contribution in [3.05, 3.63) is 121 Å². The molecule has 0 radical (unpaired) electrons. The van der Waals surface area contributed by atoms with E-state index in [0.717, 1.165) is 5.56 Å². The van der Waals surface area contributed by atoms with Gasteiger partial charge in [0.25, 0.3) is 21.2 Å². The van der Waals surface area contributed by atoms with Gasteiger partial charge in [0.15, 0.2) is 5.88 Å². The van der Waals surface area contributed by atoms with E-state index in [9.17, 15) is 22.6 Å². The van der Waals surface area contributed by atoms with Gasteiger partial charge < -0.3 is 9.72 Å². The van der Waals surface area contributed by atoms with Crippen molar-refractivity contribution in [2.24, 2.45) is 0 Å². The van der Waals surface area contributed by atoms with Crippen molar-refractivity contribution in [3.8, 4) is 5.75 Å². The minimum absolute atomic E-state index is 0.130. The Morgan fingerprint density at radius 1 is 1.00 bits per heavy atom. The average molecular weight is 493 g/mol. The Kier molecular flexibility index (Phi) is 6.99. The molecule has 178 valence electrons. The summed E-state index contributed by atoms with van der Waals surface area (Å²) in [4.78, 5) is 36.5. The van der Waals surface area contributed by atoms with Crippen LogP contribution >= 0.6 is 0 Å². The summed E-state index contributed by atoms with van der Waals surface area (Å²) >= 11 is 0. The van der Waals surface area contributed by atoms with Gasteiger partial charge in [-0.25, -0.2) is 0 Å². The Labute approximate surface area is 199 Å². The lowest BCUT2D eigenvalue weighted by atomic mass is 10.2. The molecule has 4 aromatic rings. The smallest absolute Gasteiger partial charge is 0.283 e. The van der Waals surface area contributed by atoms with Gasteiger partial charge in [-0.3, -0.25) is 28.7 Å². The Hall–Kier alpha value is -4.35. The highest BCUT2D eigenvalue weighted by molar-refractivity contribution is 7.84. The van der Waals surface area contributed by atoms with Gasteiger partial charge in [-0.05, 0) is 47.5 Å². The van der Waals surface area contributed by atoms with E-state index in [1.807, 2.05) is 12.1 Å². The lowest BCUT2D eigenvalue weighted by molar-refractivity contribution is 0.305. The van der Waals surface area contributed by atoms with Crippen molar-refractivity contribution in [3.63, 3.8) is 0 Å². The summed E-state index contributed by atoms with van der Waals surface area (Å²) in [5.41, 5.74) is 0.295. The zero-order valence-electron chi connectivity index (χ0n) is 18.2. The first kappa shape index (κ1) is 23.8. The third-order valence-electron chi connectivity index (χ3n) is 4.85. The number of benzene rings is 1. The fourth-order valence-electron chi connectivity index (χ4n) is 3.21. The first-order valence-corrected chi connectivity index (χ1v) is 11.9. The number of hydrogen-bond acceptors (Lipinski definition) is 7. The summed E-state index contributed by atoms with van der Waals surface area (Å²) in [6.07, 6.45) is 7.42. The molecule has 2 N–H and O–H groups in total. The number of aromatic nitrogens is 4. The van der Waals surface area contributed by atoms with Gasteiger partial charge in [-0.15, -0.1) is 0 Å². The van der Waals surface area contributed by atoms with Crippen LogP contribution in [0.2, 0.25) is 0 Å². The molecule has 0 atom stereocenters. The summed E-state index contributed by atoms with van der Waals surface area (Å²) in [7, 11) is -4.63. The molecule has 3 aromatic heterocycles. The minimum atomic E-state index is -4.63. The number of H-pyrrole nitrogens is 1. The van der Waals surface area contributed by atoms with Crippen molar-refractivity contribution in [1.29, 1.82) is 0 Å². The van der Waals surface area contributed by atoms with Crippen LogP contribution in [0.25, 0.3) is 12.2 Å². The second-order valence-corrected chi connectivity index (χ2v) is 8.88. The zero-order valence-corrected chi connectivity index (χ0v) is 19.1. The summed E-state index contributed by atoms with van der Waals surface area (Å²) in [6.45, 7) is 0.306. The molecule has 0 amide bonds. The molecule has 0 bridgehead atoms. The SMILES string of the molecule is O=c1[nH]c(=Cc2ccccc2)c(=O)n(CS(=O)(=O)O)c1=Cc1ccc(OCc2ccncc2)cn1. The summed E-state index contributed by atoms with van der Waals surface area (Å²) in [5, 5.41) is -0.411. The Balaban J connectivity index is 1.73. The van der Waals surface area contributed by atoms with Crippen LogP contribution in [0.15, 0.2) is 82.8 Å². The zero-order chi connectivity index (χ0) is 24.8. The van der Waals surface area contributed by atoms with Crippen molar-refractivity contribution in [2.45, 2.75) is 12.5 Å². The fraction of sp³-hybridized carbons (Fsp3) is 0.0833. The quantitative estimate of drug-likeness (QED) is 0.353. The van der Waals surface area contributed by atoms with E-state index in [2.05, 4.69) is 15.0 Å². The number of pyridine rings is 2. The predicted molar refractivity (Wildman–Crippen MR) is 129 cm³/mol. The van der Waals surface area contributed by atoms with Crippen LogP contribution < -0.4 is 26.6 Å². The summed E-state index contributed by atoms with van der Waals surface area (Å²) in [5.74, 6) is -0.624. The lowest BCUT2D eigenvalue weighted by Crippen LogP contribution is -2.54. The maximum absolute atomic E-state index is 13.0. The molecule has 3 heterocycles. The van der Waals surface area contributed by atoms with Crippen LogP contribution in [0, 0.1) is 0 Å². The largest absolute Gasteiger partial charge is 0.487 e. The fourth-order valence-corrected chi connectivity index (χ4v) is 3.80. The van der Waals surface area contributed by atoms with Crippen molar-refractivity contribution in [2.75, 3.05) is 0 Å².